The minimum Gasteiger partial charge on any atom is -0.390 e. The Bertz CT molecular complexity index is 346. The molecule has 1 aromatic heterocycles. The fourth-order valence-electron chi connectivity index (χ4n) is 0.864. The first-order chi connectivity index (χ1) is 6.19. The van der Waals surface area contributed by atoms with Crippen LogP contribution in [0.25, 0.3) is 0 Å². The predicted octanol–water partition coefficient (Wildman–Crippen LogP) is 1.38. The van der Waals surface area contributed by atoms with Crippen LogP contribution in [0.3, 0.4) is 0 Å². The molecule has 1 N–H and O–H groups in total. The third-order valence-corrected chi connectivity index (χ3v) is 1.49. The van der Waals surface area contributed by atoms with Gasteiger partial charge in [-0.15, -0.1) is 0 Å². The lowest BCUT2D eigenvalue weighted by Crippen LogP contribution is -1.98. The van der Waals surface area contributed by atoms with Gasteiger partial charge in [-0.3, -0.25) is 0 Å². The standard InChI is InChI=1S/C8H6F2N2O/c9-8(10)6-2-1-5(4-13)12-7(6)3-11/h1-2,8,13H,4H2. The number of rotatable bonds is 2. The highest BCUT2D eigenvalue weighted by atomic mass is 19.3. The monoisotopic (exact) mass is 184 g/mol. The van der Waals surface area contributed by atoms with Gasteiger partial charge in [-0.2, -0.15) is 5.26 Å². The van der Waals surface area contributed by atoms with Gasteiger partial charge in [0.05, 0.1) is 17.9 Å². The Morgan fingerprint density at radius 3 is 2.69 bits per heavy atom. The Kier molecular flexibility index (Phi) is 2.88. The number of hydrogen-bond donors (Lipinski definition) is 1. The number of aromatic nitrogens is 1. The van der Waals surface area contributed by atoms with Crippen molar-refractivity contribution >= 4 is 0 Å². The van der Waals surface area contributed by atoms with Gasteiger partial charge in [0.2, 0.25) is 0 Å². The molecule has 1 aromatic rings. The lowest BCUT2D eigenvalue weighted by Gasteiger charge is -2.02. The molecular formula is C8H6F2N2O. The molecule has 68 valence electrons. The van der Waals surface area contributed by atoms with Crippen molar-refractivity contribution in [3.8, 4) is 6.07 Å². The number of alkyl halides is 2. The van der Waals surface area contributed by atoms with Crippen molar-refractivity contribution < 1.29 is 13.9 Å². The van der Waals surface area contributed by atoms with Gasteiger partial charge in [0.25, 0.3) is 6.43 Å². The summed E-state index contributed by atoms with van der Waals surface area (Å²) >= 11 is 0. The number of aliphatic hydroxyl groups is 1. The Morgan fingerprint density at radius 1 is 1.54 bits per heavy atom. The van der Waals surface area contributed by atoms with Crippen molar-refractivity contribution in [2.24, 2.45) is 0 Å². The quantitative estimate of drug-likeness (QED) is 0.755. The van der Waals surface area contributed by atoms with Gasteiger partial charge >= 0.3 is 0 Å². The molecule has 0 saturated carbocycles. The second kappa shape index (κ2) is 3.92. The van der Waals surface area contributed by atoms with Crippen LogP contribution in [-0.4, -0.2) is 10.1 Å². The molecule has 0 amide bonds. The molecular weight excluding hydrogens is 178 g/mol. The third-order valence-electron chi connectivity index (χ3n) is 1.49. The van der Waals surface area contributed by atoms with Crippen LogP contribution >= 0.6 is 0 Å². The van der Waals surface area contributed by atoms with Crippen molar-refractivity contribution in [3.05, 3.63) is 29.1 Å². The summed E-state index contributed by atoms with van der Waals surface area (Å²) in [4.78, 5) is 3.54. The van der Waals surface area contributed by atoms with E-state index in [2.05, 4.69) is 4.98 Å². The SMILES string of the molecule is N#Cc1nc(CO)ccc1C(F)F. The van der Waals surface area contributed by atoms with E-state index in [0.29, 0.717) is 0 Å². The van der Waals surface area contributed by atoms with Crippen molar-refractivity contribution in [2.45, 2.75) is 13.0 Å². The molecule has 0 aliphatic heterocycles. The molecule has 5 heteroatoms. The lowest BCUT2D eigenvalue weighted by molar-refractivity contribution is 0.150. The number of pyridine rings is 1. The van der Waals surface area contributed by atoms with E-state index in [0.717, 1.165) is 6.07 Å². The molecule has 0 bridgehead atoms. The zero-order valence-corrected chi connectivity index (χ0v) is 6.54. The second-order valence-electron chi connectivity index (χ2n) is 2.31. The van der Waals surface area contributed by atoms with E-state index in [1.54, 1.807) is 6.07 Å². The van der Waals surface area contributed by atoms with Crippen molar-refractivity contribution in [1.29, 1.82) is 5.26 Å². The highest BCUT2D eigenvalue weighted by Crippen LogP contribution is 2.21. The lowest BCUT2D eigenvalue weighted by atomic mass is 10.2. The van der Waals surface area contributed by atoms with Gasteiger partial charge in [0.15, 0.2) is 0 Å². The predicted molar refractivity (Wildman–Crippen MR) is 39.8 cm³/mol. The summed E-state index contributed by atoms with van der Waals surface area (Å²) in [5, 5.41) is 17.1. The second-order valence-corrected chi connectivity index (χ2v) is 2.31. The zero-order chi connectivity index (χ0) is 9.84. The Balaban J connectivity index is 3.18. The van der Waals surface area contributed by atoms with Crippen molar-refractivity contribution in [2.75, 3.05) is 0 Å². The van der Waals surface area contributed by atoms with Gasteiger partial charge in [-0.1, -0.05) is 0 Å². The molecule has 0 spiro atoms. The maximum Gasteiger partial charge on any atom is 0.266 e. The Morgan fingerprint density at radius 2 is 2.23 bits per heavy atom. The molecule has 0 aliphatic carbocycles. The Hall–Kier alpha value is -1.54. The van der Waals surface area contributed by atoms with E-state index in [1.165, 1.54) is 6.07 Å². The number of aliphatic hydroxyl groups excluding tert-OH is 1. The van der Waals surface area contributed by atoms with E-state index in [-0.39, 0.29) is 18.0 Å². The molecule has 3 nitrogen and oxygen atoms in total. The summed E-state index contributed by atoms with van der Waals surface area (Å²) in [6.07, 6.45) is -2.71. The molecule has 0 radical (unpaired) electrons. The maximum atomic E-state index is 12.2. The molecule has 13 heavy (non-hydrogen) atoms. The number of nitriles is 1. The van der Waals surface area contributed by atoms with E-state index in [4.69, 9.17) is 10.4 Å². The average molecular weight is 184 g/mol. The number of hydrogen-bond acceptors (Lipinski definition) is 3. The summed E-state index contributed by atoms with van der Waals surface area (Å²) in [6.45, 7) is -0.363. The maximum absolute atomic E-state index is 12.2. The van der Waals surface area contributed by atoms with Crippen molar-refractivity contribution in [3.63, 3.8) is 0 Å². The highest BCUT2D eigenvalue weighted by Gasteiger charge is 2.13. The molecule has 1 rings (SSSR count). The highest BCUT2D eigenvalue weighted by molar-refractivity contribution is 5.33. The molecule has 0 saturated heterocycles. The van der Waals surface area contributed by atoms with Gasteiger partial charge < -0.3 is 5.11 Å². The largest absolute Gasteiger partial charge is 0.390 e. The molecule has 1 heterocycles. The Labute approximate surface area is 73.3 Å². The third kappa shape index (κ3) is 1.98. The van der Waals surface area contributed by atoms with Crippen LogP contribution < -0.4 is 0 Å². The van der Waals surface area contributed by atoms with Crippen LogP contribution in [0.1, 0.15) is 23.4 Å². The van der Waals surface area contributed by atoms with Crippen LogP contribution in [0.4, 0.5) is 8.78 Å². The number of halogens is 2. The summed E-state index contributed by atoms with van der Waals surface area (Å²) in [5.74, 6) is 0. The average Bonchev–Trinajstić information content (AvgIpc) is 2.16. The van der Waals surface area contributed by atoms with E-state index in [9.17, 15) is 8.78 Å². The van der Waals surface area contributed by atoms with Crippen LogP contribution in [0.2, 0.25) is 0 Å². The molecule has 0 aromatic carbocycles. The fraction of sp³-hybridized carbons (Fsp3) is 0.250. The first-order valence-electron chi connectivity index (χ1n) is 3.48. The molecule has 0 fully saturated rings. The normalized spacial score (nSPS) is 10.1. The summed E-state index contributed by atoms with van der Waals surface area (Å²) in [6, 6.07) is 3.91. The van der Waals surface area contributed by atoms with Gasteiger partial charge in [0.1, 0.15) is 11.8 Å². The minimum absolute atomic E-state index is 0.209. The smallest absolute Gasteiger partial charge is 0.266 e. The van der Waals surface area contributed by atoms with Gasteiger partial charge in [0, 0.05) is 0 Å². The number of nitrogens with zero attached hydrogens (tertiary/aromatic N) is 2. The summed E-state index contributed by atoms with van der Waals surface area (Å²) in [7, 11) is 0. The van der Waals surface area contributed by atoms with Gasteiger partial charge in [-0.05, 0) is 12.1 Å². The van der Waals surface area contributed by atoms with E-state index in [1.807, 2.05) is 0 Å². The van der Waals surface area contributed by atoms with Crippen LogP contribution in [-0.2, 0) is 6.61 Å². The van der Waals surface area contributed by atoms with Crippen LogP contribution in [0.15, 0.2) is 12.1 Å². The summed E-state index contributed by atoms with van der Waals surface area (Å²) < 4.78 is 24.4. The van der Waals surface area contributed by atoms with Crippen LogP contribution in [0.5, 0.6) is 0 Å². The van der Waals surface area contributed by atoms with Crippen LogP contribution in [0, 0.1) is 11.3 Å². The molecule has 0 atom stereocenters. The van der Waals surface area contributed by atoms with Gasteiger partial charge in [-0.25, -0.2) is 13.8 Å². The first-order valence-corrected chi connectivity index (χ1v) is 3.48. The van der Waals surface area contributed by atoms with E-state index < -0.39 is 12.0 Å². The molecule has 0 aliphatic rings. The minimum atomic E-state index is -2.71. The molecule has 0 unspecified atom stereocenters. The van der Waals surface area contributed by atoms with Crippen molar-refractivity contribution in [1.82, 2.24) is 4.98 Å². The zero-order valence-electron chi connectivity index (χ0n) is 6.54. The summed E-state index contributed by atoms with van der Waals surface area (Å²) in [5.41, 5.74) is -0.526. The first kappa shape index (κ1) is 9.55. The topological polar surface area (TPSA) is 56.9 Å². The van der Waals surface area contributed by atoms with E-state index >= 15 is 0 Å². The fourth-order valence-corrected chi connectivity index (χ4v) is 0.864.